The van der Waals surface area contributed by atoms with Gasteiger partial charge in [-0.05, 0) is 65.2 Å². The summed E-state index contributed by atoms with van der Waals surface area (Å²) in [4.78, 5) is 12.6. The van der Waals surface area contributed by atoms with Gasteiger partial charge in [0.1, 0.15) is 0 Å². The van der Waals surface area contributed by atoms with Gasteiger partial charge in [-0.1, -0.05) is 22.0 Å². The SMILES string of the molecule is Cc1ccc(Br)cc1C(=O)NC1CC(C)(C)NC(C)(C)C1. The molecule has 3 nitrogen and oxygen atoms in total. The molecule has 0 bridgehead atoms. The number of piperidine rings is 1. The van der Waals surface area contributed by atoms with E-state index in [1.165, 1.54) is 0 Å². The van der Waals surface area contributed by atoms with Crippen LogP contribution in [0.1, 0.15) is 56.5 Å². The van der Waals surface area contributed by atoms with Gasteiger partial charge in [-0.3, -0.25) is 4.79 Å². The first-order valence-electron chi connectivity index (χ1n) is 7.44. The summed E-state index contributed by atoms with van der Waals surface area (Å²) in [7, 11) is 0. The van der Waals surface area contributed by atoms with Crippen LogP contribution in [0.2, 0.25) is 0 Å². The summed E-state index contributed by atoms with van der Waals surface area (Å²) in [5.74, 6) is 0.0206. The molecule has 1 aromatic rings. The quantitative estimate of drug-likeness (QED) is 0.849. The molecule has 1 heterocycles. The summed E-state index contributed by atoms with van der Waals surface area (Å²) in [5, 5.41) is 6.85. The average molecular weight is 353 g/mol. The number of carbonyl (C=O) groups excluding carboxylic acids is 1. The van der Waals surface area contributed by atoms with Crippen molar-refractivity contribution in [1.29, 1.82) is 0 Å². The summed E-state index contributed by atoms with van der Waals surface area (Å²) in [6, 6.07) is 6.02. The van der Waals surface area contributed by atoms with Crippen LogP contribution in [0, 0.1) is 6.92 Å². The van der Waals surface area contributed by atoms with Crippen LogP contribution >= 0.6 is 15.9 Å². The third-order valence-corrected chi connectivity index (χ3v) is 4.46. The maximum Gasteiger partial charge on any atom is 0.251 e. The summed E-state index contributed by atoms with van der Waals surface area (Å²) < 4.78 is 0.934. The number of amides is 1. The number of rotatable bonds is 2. The fourth-order valence-corrected chi connectivity index (χ4v) is 3.89. The summed E-state index contributed by atoms with van der Waals surface area (Å²) in [5.41, 5.74) is 1.82. The molecule has 2 N–H and O–H groups in total. The number of benzene rings is 1. The Labute approximate surface area is 136 Å². The van der Waals surface area contributed by atoms with E-state index >= 15 is 0 Å². The Morgan fingerprint density at radius 3 is 2.38 bits per heavy atom. The zero-order valence-electron chi connectivity index (χ0n) is 13.5. The number of hydrogen-bond donors (Lipinski definition) is 2. The van der Waals surface area contributed by atoms with Gasteiger partial charge in [-0.2, -0.15) is 0 Å². The number of halogens is 1. The van der Waals surface area contributed by atoms with Crippen LogP contribution in [-0.4, -0.2) is 23.0 Å². The zero-order valence-corrected chi connectivity index (χ0v) is 15.1. The number of aryl methyl sites for hydroxylation is 1. The van der Waals surface area contributed by atoms with Crippen molar-refractivity contribution in [2.24, 2.45) is 0 Å². The van der Waals surface area contributed by atoms with Crippen LogP contribution in [0.5, 0.6) is 0 Å². The molecule has 1 fully saturated rings. The van der Waals surface area contributed by atoms with Gasteiger partial charge in [0.15, 0.2) is 0 Å². The molecule has 1 aliphatic rings. The maximum absolute atomic E-state index is 12.6. The van der Waals surface area contributed by atoms with E-state index in [-0.39, 0.29) is 23.0 Å². The molecule has 0 saturated carbocycles. The van der Waals surface area contributed by atoms with Crippen molar-refractivity contribution < 1.29 is 4.79 Å². The molecule has 116 valence electrons. The average Bonchev–Trinajstić information content (AvgIpc) is 2.27. The van der Waals surface area contributed by atoms with Crippen LogP contribution in [0.25, 0.3) is 0 Å². The second kappa shape index (κ2) is 5.73. The van der Waals surface area contributed by atoms with Crippen molar-refractivity contribution in [2.75, 3.05) is 0 Å². The standard InChI is InChI=1S/C17H25BrN2O/c1-11-6-7-12(18)8-14(11)15(21)19-13-9-16(2,3)20-17(4,5)10-13/h6-8,13,20H,9-10H2,1-5H3,(H,19,21). The lowest BCUT2D eigenvalue weighted by molar-refractivity contribution is 0.0872. The van der Waals surface area contributed by atoms with Gasteiger partial charge in [0.05, 0.1) is 0 Å². The van der Waals surface area contributed by atoms with E-state index < -0.39 is 0 Å². The minimum atomic E-state index is 0.0206. The van der Waals surface area contributed by atoms with Crippen molar-refractivity contribution in [3.05, 3.63) is 33.8 Å². The number of hydrogen-bond acceptors (Lipinski definition) is 2. The van der Waals surface area contributed by atoms with Gasteiger partial charge < -0.3 is 10.6 Å². The van der Waals surface area contributed by atoms with E-state index in [2.05, 4.69) is 54.3 Å². The summed E-state index contributed by atoms with van der Waals surface area (Å²) in [6.07, 6.45) is 1.88. The van der Waals surface area contributed by atoms with Crippen molar-refractivity contribution in [3.63, 3.8) is 0 Å². The molecule has 0 aromatic heterocycles. The van der Waals surface area contributed by atoms with Gasteiger partial charge in [0, 0.05) is 27.2 Å². The van der Waals surface area contributed by atoms with E-state index in [0.29, 0.717) is 0 Å². The van der Waals surface area contributed by atoms with Gasteiger partial charge in [0.2, 0.25) is 0 Å². The normalized spacial score (nSPS) is 21.0. The number of carbonyl (C=O) groups is 1. The molecule has 1 aliphatic heterocycles. The first-order chi connectivity index (χ1) is 9.58. The summed E-state index contributed by atoms with van der Waals surface area (Å²) >= 11 is 3.44. The fourth-order valence-electron chi connectivity index (χ4n) is 3.53. The monoisotopic (exact) mass is 352 g/mol. The predicted molar refractivity (Wildman–Crippen MR) is 90.7 cm³/mol. The highest BCUT2D eigenvalue weighted by atomic mass is 79.9. The minimum absolute atomic E-state index is 0.0206. The molecule has 0 unspecified atom stereocenters. The van der Waals surface area contributed by atoms with Crippen molar-refractivity contribution >= 4 is 21.8 Å². The lowest BCUT2D eigenvalue weighted by atomic mass is 9.79. The Bertz CT molecular complexity index is 536. The first-order valence-corrected chi connectivity index (χ1v) is 8.24. The first kappa shape index (κ1) is 16.5. The molecular formula is C17H25BrN2O. The number of nitrogens with one attached hydrogen (secondary N) is 2. The van der Waals surface area contributed by atoms with Crippen LogP contribution in [-0.2, 0) is 0 Å². The maximum atomic E-state index is 12.6. The van der Waals surface area contributed by atoms with Crippen molar-refractivity contribution in [2.45, 2.75) is 64.6 Å². The topological polar surface area (TPSA) is 41.1 Å². The van der Waals surface area contributed by atoms with Crippen LogP contribution in [0.4, 0.5) is 0 Å². The largest absolute Gasteiger partial charge is 0.349 e. The highest BCUT2D eigenvalue weighted by Crippen LogP contribution is 2.29. The highest BCUT2D eigenvalue weighted by Gasteiger charge is 2.38. The highest BCUT2D eigenvalue weighted by molar-refractivity contribution is 9.10. The van der Waals surface area contributed by atoms with Gasteiger partial charge in [-0.25, -0.2) is 0 Å². The van der Waals surface area contributed by atoms with Crippen LogP contribution in [0.3, 0.4) is 0 Å². The van der Waals surface area contributed by atoms with Crippen molar-refractivity contribution in [3.8, 4) is 0 Å². The molecule has 0 atom stereocenters. The molecule has 1 amide bonds. The van der Waals surface area contributed by atoms with Crippen LogP contribution in [0.15, 0.2) is 22.7 Å². The van der Waals surface area contributed by atoms with E-state index in [4.69, 9.17) is 0 Å². The Morgan fingerprint density at radius 2 is 1.81 bits per heavy atom. The molecule has 0 aliphatic carbocycles. The Balaban J connectivity index is 2.14. The van der Waals surface area contributed by atoms with Crippen LogP contribution < -0.4 is 10.6 Å². The second-order valence-electron chi connectivity index (χ2n) is 7.43. The summed E-state index contributed by atoms with van der Waals surface area (Å²) in [6.45, 7) is 10.7. The third-order valence-electron chi connectivity index (χ3n) is 3.97. The zero-order chi connectivity index (χ0) is 15.8. The minimum Gasteiger partial charge on any atom is -0.349 e. The smallest absolute Gasteiger partial charge is 0.251 e. The van der Waals surface area contributed by atoms with E-state index in [0.717, 1.165) is 28.4 Å². The molecule has 1 aromatic carbocycles. The Hall–Kier alpha value is -0.870. The van der Waals surface area contributed by atoms with E-state index in [9.17, 15) is 4.79 Å². The van der Waals surface area contributed by atoms with E-state index in [1.807, 2.05) is 25.1 Å². The lowest BCUT2D eigenvalue weighted by Crippen LogP contribution is -2.62. The molecule has 0 radical (unpaired) electrons. The molecule has 4 heteroatoms. The fraction of sp³-hybridized carbons (Fsp3) is 0.588. The third kappa shape index (κ3) is 4.30. The molecule has 2 rings (SSSR count). The molecule has 21 heavy (non-hydrogen) atoms. The van der Waals surface area contributed by atoms with E-state index in [1.54, 1.807) is 0 Å². The van der Waals surface area contributed by atoms with Gasteiger partial charge >= 0.3 is 0 Å². The van der Waals surface area contributed by atoms with Crippen molar-refractivity contribution in [1.82, 2.24) is 10.6 Å². The second-order valence-corrected chi connectivity index (χ2v) is 8.35. The Morgan fingerprint density at radius 1 is 1.24 bits per heavy atom. The molecule has 1 saturated heterocycles. The molecule has 0 spiro atoms. The Kier molecular flexibility index (Phi) is 4.50. The predicted octanol–water partition coefficient (Wildman–Crippen LogP) is 3.80. The van der Waals surface area contributed by atoms with Gasteiger partial charge in [-0.15, -0.1) is 0 Å². The molecular weight excluding hydrogens is 328 g/mol. The lowest BCUT2D eigenvalue weighted by Gasteiger charge is -2.46. The van der Waals surface area contributed by atoms with Gasteiger partial charge in [0.25, 0.3) is 5.91 Å².